The molecule has 2 amide bonds. The molecule has 0 radical (unpaired) electrons. The molecule has 0 bridgehead atoms. The number of thioether (sulfide) groups is 1. The molecule has 3 rings (SSSR count). The van der Waals surface area contributed by atoms with Crippen LogP contribution in [0.25, 0.3) is 0 Å². The van der Waals surface area contributed by atoms with Crippen LogP contribution < -0.4 is 10.6 Å². The highest BCUT2D eigenvalue weighted by Crippen LogP contribution is 2.27. The minimum Gasteiger partial charge on any atom is -0.345 e. The van der Waals surface area contributed by atoms with Crippen molar-refractivity contribution in [2.24, 2.45) is 0 Å². The van der Waals surface area contributed by atoms with E-state index in [0.29, 0.717) is 34.2 Å². The summed E-state index contributed by atoms with van der Waals surface area (Å²) in [6.45, 7) is 4.12. The van der Waals surface area contributed by atoms with Gasteiger partial charge in [0.1, 0.15) is 5.82 Å². The van der Waals surface area contributed by atoms with Crippen molar-refractivity contribution in [1.29, 1.82) is 0 Å². The molecular formula is C21H17BrClF2N5O2S. The van der Waals surface area contributed by atoms with E-state index < -0.39 is 17.5 Å². The minimum atomic E-state index is -0.897. The Bertz CT molecular complexity index is 1180. The van der Waals surface area contributed by atoms with E-state index in [1.165, 1.54) is 0 Å². The number of allylic oxidation sites excluding steroid dienone is 1. The molecule has 33 heavy (non-hydrogen) atoms. The number of hydrogen-bond acceptors (Lipinski definition) is 5. The van der Waals surface area contributed by atoms with Gasteiger partial charge in [0.25, 0.3) is 5.91 Å². The lowest BCUT2D eigenvalue weighted by atomic mass is 10.2. The maximum absolute atomic E-state index is 13.9. The van der Waals surface area contributed by atoms with E-state index in [4.69, 9.17) is 11.6 Å². The Morgan fingerprint density at radius 2 is 2.00 bits per heavy atom. The minimum absolute atomic E-state index is 0.0748. The molecule has 0 fully saturated rings. The first-order chi connectivity index (χ1) is 15.8. The smallest absolute Gasteiger partial charge is 0.253 e. The lowest BCUT2D eigenvalue weighted by molar-refractivity contribution is -0.113. The second kappa shape index (κ2) is 11.4. The van der Waals surface area contributed by atoms with Gasteiger partial charge in [0.05, 0.1) is 28.6 Å². The van der Waals surface area contributed by atoms with E-state index >= 15 is 0 Å². The number of nitrogens with one attached hydrogen (secondary N) is 2. The Morgan fingerprint density at radius 3 is 2.70 bits per heavy atom. The quantitative estimate of drug-likeness (QED) is 0.291. The SMILES string of the molecule is C=CCn1c(CNC(=O)c2ccccc2Cl)nnc1SCC(=O)Nc1c(F)cc(F)cc1Br. The van der Waals surface area contributed by atoms with Gasteiger partial charge >= 0.3 is 0 Å². The molecule has 1 aromatic heterocycles. The van der Waals surface area contributed by atoms with Crippen LogP contribution in [0.4, 0.5) is 14.5 Å². The molecule has 3 aromatic rings. The average molecular weight is 557 g/mol. The summed E-state index contributed by atoms with van der Waals surface area (Å²) in [4.78, 5) is 24.7. The van der Waals surface area contributed by atoms with Crippen molar-refractivity contribution in [3.05, 3.63) is 81.6 Å². The van der Waals surface area contributed by atoms with Crippen LogP contribution in [0.3, 0.4) is 0 Å². The number of aromatic nitrogens is 3. The topological polar surface area (TPSA) is 88.9 Å². The fraction of sp³-hybridized carbons (Fsp3) is 0.143. The third kappa shape index (κ3) is 6.40. The van der Waals surface area contributed by atoms with Gasteiger partial charge < -0.3 is 15.2 Å². The van der Waals surface area contributed by atoms with E-state index in [1.54, 1.807) is 34.9 Å². The van der Waals surface area contributed by atoms with Crippen molar-refractivity contribution in [1.82, 2.24) is 20.1 Å². The summed E-state index contributed by atoms with van der Waals surface area (Å²) >= 11 is 10.1. The lowest BCUT2D eigenvalue weighted by Gasteiger charge is -2.10. The van der Waals surface area contributed by atoms with Gasteiger partial charge in [-0.1, -0.05) is 41.6 Å². The summed E-state index contributed by atoms with van der Waals surface area (Å²) in [6.07, 6.45) is 1.62. The normalized spacial score (nSPS) is 10.7. The van der Waals surface area contributed by atoms with E-state index in [2.05, 4.69) is 43.3 Å². The van der Waals surface area contributed by atoms with Crippen LogP contribution in [0.1, 0.15) is 16.2 Å². The Kier molecular flexibility index (Phi) is 8.59. The monoisotopic (exact) mass is 555 g/mol. The Labute approximate surface area is 205 Å². The van der Waals surface area contributed by atoms with Crippen LogP contribution in [-0.2, 0) is 17.9 Å². The van der Waals surface area contributed by atoms with Gasteiger partial charge in [-0.25, -0.2) is 8.78 Å². The molecule has 2 aromatic carbocycles. The van der Waals surface area contributed by atoms with Gasteiger partial charge in [-0.15, -0.1) is 16.8 Å². The number of rotatable bonds is 9. The number of halogens is 4. The number of nitrogens with zero attached hydrogens (tertiary/aromatic N) is 3. The largest absolute Gasteiger partial charge is 0.345 e. The molecule has 12 heteroatoms. The molecule has 2 N–H and O–H groups in total. The van der Waals surface area contributed by atoms with Crippen LogP contribution in [-0.4, -0.2) is 32.3 Å². The fourth-order valence-electron chi connectivity index (χ4n) is 2.74. The summed E-state index contributed by atoms with van der Waals surface area (Å²) in [5, 5.41) is 14.0. The molecule has 0 saturated carbocycles. The second-order valence-electron chi connectivity index (χ2n) is 6.54. The number of carbonyl (C=O) groups excluding carboxylic acids is 2. The Morgan fingerprint density at radius 1 is 1.24 bits per heavy atom. The van der Waals surface area contributed by atoms with Crippen molar-refractivity contribution in [3.63, 3.8) is 0 Å². The van der Waals surface area contributed by atoms with Crippen molar-refractivity contribution in [2.45, 2.75) is 18.2 Å². The Hall–Kier alpha value is -2.76. The molecule has 7 nitrogen and oxygen atoms in total. The molecule has 0 saturated heterocycles. The number of benzene rings is 2. The zero-order valence-corrected chi connectivity index (χ0v) is 20.1. The van der Waals surface area contributed by atoms with Gasteiger partial charge in [0.15, 0.2) is 16.8 Å². The van der Waals surface area contributed by atoms with Crippen LogP contribution >= 0.6 is 39.3 Å². The van der Waals surface area contributed by atoms with E-state index in [1.807, 2.05) is 0 Å². The number of amides is 2. The zero-order valence-electron chi connectivity index (χ0n) is 16.9. The van der Waals surface area contributed by atoms with Crippen molar-refractivity contribution in [2.75, 3.05) is 11.1 Å². The first-order valence-electron chi connectivity index (χ1n) is 9.43. The number of hydrogen-bond donors (Lipinski definition) is 2. The van der Waals surface area contributed by atoms with Gasteiger partial charge in [-0.3, -0.25) is 9.59 Å². The highest BCUT2D eigenvalue weighted by atomic mass is 79.9. The average Bonchev–Trinajstić information content (AvgIpc) is 3.15. The van der Waals surface area contributed by atoms with Crippen LogP contribution in [0.15, 0.2) is 58.7 Å². The van der Waals surface area contributed by atoms with Crippen LogP contribution in [0.5, 0.6) is 0 Å². The summed E-state index contributed by atoms with van der Waals surface area (Å²) in [7, 11) is 0. The molecule has 172 valence electrons. The Balaban J connectivity index is 1.64. The highest BCUT2D eigenvalue weighted by Gasteiger charge is 2.17. The summed E-state index contributed by atoms with van der Waals surface area (Å²) in [5.74, 6) is -2.21. The van der Waals surface area contributed by atoms with E-state index in [0.717, 1.165) is 17.8 Å². The van der Waals surface area contributed by atoms with Crippen molar-refractivity contribution < 1.29 is 18.4 Å². The van der Waals surface area contributed by atoms with Gasteiger partial charge in [0.2, 0.25) is 5.91 Å². The first-order valence-corrected chi connectivity index (χ1v) is 11.6. The molecule has 0 spiro atoms. The maximum atomic E-state index is 13.9. The van der Waals surface area contributed by atoms with E-state index in [9.17, 15) is 18.4 Å². The summed E-state index contributed by atoms with van der Waals surface area (Å²) in [6, 6.07) is 8.38. The third-order valence-corrected chi connectivity index (χ3v) is 6.16. The lowest BCUT2D eigenvalue weighted by Crippen LogP contribution is -2.25. The fourth-order valence-corrected chi connectivity index (χ4v) is 4.23. The number of carbonyl (C=O) groups is 2. The van der Waals surface area contributed by atoms with Crippen LogP contribution in [0.2, 0.25) is 5.02 Å². The van der Waals surface area contributed by atoms with Gasteiger partial charge in [-0.05, 0) is 34.1 Å². The molecule has 0 aliphatic rings. The second-order valence-corrected chi connectivity index (χ2v) is 8.75. The van der Waals surface area contributed by atoms with Crippen molar-refractivity contribution >= 4 is 56.8 Å². The maximum Gasteiger partial charge on any atom is 0.253 e. The van der Waals surface area contributed by atoms with Gasteiger partial charge in [-0.2, -0.15) is 0 Å². The molecule has 1 heterocycles. The first kappa shape index (κ1) is 24.9. The molecule has 0 aliphatic carbocycles. The predicted octanol–water partition coefficient (Wildman–Crippen LogP) is 4.82. The summed E-state index contributed by atoms with van der Waals surface area (Å²) in [5.41, 5.74) is 0.178. The van der Waals surface area contributed by atoms with Gasteiger partial charge in [0, 0.05) is 17.1 Å². The van der Waals surface area contributed by atoms with Crippen LogP contribution in [0, 0.1) is 11.6 Å². The highest BCUT2D eigenvalue weighted by molar-refractivity contribution is 9.10. The predicted molar refractivity (Wildman–Crippen MR) is 126 cm³/mol. The molecular weight excluding hydrogens is 540 g/mol. The summed E-state index contributed by atoms with van der Waals surface area (Å²) < 4.78 is 28.9. The molecule has 0 aliphatic heterocycles. The zero-order chi connectivity index (χ0) is 24.0. The molecule has 0 unspecified atom stereocenters. The van der Waals surface area contributed by atoms with E-state index in [-0.39, 0.29) is 28.4 Å². The number of anilines is 1. The third-order valence-electron chi connectivity index (χ3n) is 4.23. The van der Waals surface area contributed by atoms with Crippen molar-refractivity contribution in [3.8, 4) is 0 Å². The standard InChI is InChI=1S/C21H17BrClF2N5O2S/c1-2-7-30-17(10-26-20(32)13-5-3-4-6-15(13)23)28-29-21(30)33-11-18(31)27-19-14(22)8-12(24)9-16(19)25/h2-6,8-9H,1,7,10-11H2,(H,26,32)(H,27,31). The molecule has 0 atom stereocenters.